The highest BCUT2D eigenvalue weighted by Crippen LogP contribution is 2.39. The lowest BCUT2D eigenvalue weighted by Crippen LogP contribution is -2.17. The standard InChI is InChI=1S/C22H24N4O2S/c1-4-5-12-29-22-24-21-19(25-26-22)16-8-6-7-9-17(16)23-20(28-21)15-10-11-18(27-3)14(2)13-15/h6-11,13,20,23H,4-5,12H2,1-3H3/t20-/m1/s1. The molecule has 7 heteroatoms. The second-order valence-electron chi connectivity index (χ2n) is 6.87. The SMILES string of the molecule is CCCCSc1nnc2c(n1)O[C@H](c1ccc(OC)c(C)c1)Nc1ccccc1-2. The predicted octanol–water partition coefficient (Wildman–Crippen LogP) is 5.25. The summed E-state index contributed by atoms with van der Waals surface area (Å²) in [5.41, 5.74) is 4.56. The summed E-state index contributed by atoms with van der Waals surface area (Å²) in [4.78, 5) is 4.68. The number of methoxy groups -OCH3 is 1. The molecule has 29 heavy (non-hydrogen) atoms. The fraction of sp³-hybridized carbons (Fsp3) is 0.318. The number of hydrogen-bond donors (Lipinski definition) is 1. The van der Waals surface area contributed by atoms with Crippen molar-refractivity contribution in [3.8, 4) is 22.9 Å². The van der Waals surface area contributed by atoms with Gasteiger partial charge < -0.3 is 14.8 Å². The van der Waals surface area contributed by atoms with E-state index in [1.807, 2.05) is 43.3 Å². The molecular formula is C22H24N4O2S. The molecule has 0 bridgehead atoms. The number of rotatable bonds is 6. The number of fused-ring (bicyclic) bond motifs is 3. The molecule has 6 nitrogen and oxygen atoms in total. The number of aryl methyl sites for hydroxylation is 1. The summed E-state index contributed by atoms with van der Waals surface area (Å²) >= 11 is 1.61. The van der Waals surface area contributed by atoms with Gasteiger partial charge in [-0.3, -0.25) is 0 Å². The first kappa shape index (κ1) is 19.5. The zero-order valence-corrected chi connectivity index (χ0v) is 17.6. The first-order valence-electron chi connectivity index (χ1n) is 9.74. The highest BCUT2D eigenvalue weighted by Gasteiger charge is 2.26. The molecule has 1 aliphatic rings. The molecule has 1 N–H and O–H groups in total. The molecule has 0 aliphatic carbocycles. The predicted molar refractivity (Wildman–Crippen MR) is 116 cm³/mol. The van der Waals surface area contributed by atoms with E-state index in [0.717, 1.165) is 46.7 Å². The van der Waals surface area contributed by atoms with Gasteiger partial charge in [-0.05, 0) is 43.2 Å². The molecule has 2 aromatic carbocycles. The highest BCUT2D eigenvalue weighted by molar-refractivity contribution is 7.99. The number of anilines is 1. The largest absolute Gasteiger partial charge is 0.496 e. The molecular weight excluding hydrogens is 384 g/mol. The maximum absolute atomic E-state index is 6.32. The van der Waals surface area contributed by atoms with Crippen LogP contribution in [0.25, 0.3) is 11.3 Å². The molecule has 150 valence electrons. The van der Waals surface area contributed by atoms with Crippen molar-refractivity contribution in [2.75, 3.05) is 18.2 Å². The minimum absolute atomic E-state index is 0.396. The summed E-state index contributed by atoms with van der Waals surface area (Å²) < 4.78 is 11.7. The van der Waals surface area contributed by atoms with Crippen molar-refractivity contribution in [2.24, 2.45) is 0 Å². The van der Waals surface area contributed by atoms with Crippen LogP contribution in [0.5, 0.6) is 11.6 Å². The third-order valence-corrected chi connectivity index (χ3v) is 5.71. The smallest absolute Gasteiger partial charge is 0.247 e. The number of para-hydroxylation sites is 1. The van der Waals surface area contributed by atoms with Crippen molar-refractivity contribution in [3.63, 3.8) is 0 Å². The van der Waals surface area contributed by atoms with E-state index < -0.39 is 6.23 Å². The minimum Gasteiger partial charge on any atom is -0.496 e. The van der Waals surface area contributed by atoms with Crippen LogP contribution in [0.1, 0.15) is 37.1 Å². The number of benzene rings is 2. The number of ether oxygens (including phenoxy) is 2. The van der Waals surface area contributed by atoms with Crippen LogP contribution in [0, 0.1) is 6.92 Å². The summed E-state index contributed by atoms with van der Waals surface area (Å²) in [6.45, 7) is 4.19. The van der Waals surface area contributed by atoms with Gasteiger partial charge in [0.05, 0.1) is 7.11 Å². The topological polar surface area (TPSA) is 69.2 Å². The summed E-state index contributed by atoms with van der Waals surface area (Å²) in [7, 11) is 1.68. The second kappa shape index (κ2) is 8.69. The normalized spacial score (nSPS) is 14.8. The summed E-state index contributed by atoms with van der Waals surface area (Å²) in [6, 6.07) is 14.0. The Morgan fingerprint density at radius 2 is 2.03 bits per heavy atom. The number of nitrogens with one attached hydrogen (secondary N) is 1. The third-order valence-electron chi connectivity index (χ3n) is 4.78. The minimum atomic E-state index is -0.396. The van der Waals surface area contributed by atoms with Crippen molar-refractivity contribution in [1.82, 2.24) is 15.2 Å². The van der Waals surface area contributed by atoms with Crippen LogP contribution in [-0.2, 0) is 0 Å². The molecule has 1 atom stereocenters. The van der Waals surface area contributed by atoms with Gasteiger partial charge in [0.2, 0.25) is 11.0 Å². The van der Waals surface area contributed by atoms with Crippen LogP contribution < -0.4 is 14.8 Å². The average Bonchev–Trinajstić information content (AvgIpc) is 2.90. The van der Waals surface area contributed by atoms with E-state index in [4.69, 9.17) is 9.47 Å². The molecule has 1 aromatic heterocycles. The lowest BCUT2D eigenvalue weighted by Gasteiger charge is -2.20. The molecule has 0 saturated carbocycles. The van der Waals surface area contributed by atoms with E-state index in [2.05, 4.69) is 33.5 Å². The fourth-order valence-corrected chi connectivity index (χ4v) is 4.09. The van der Waals surface area contributed by atoms with Crippen molar-refractivity contribution in [2.45, 2.75) is 38.1 Å². The zero-order valence-electron chi connectivity index (χ0n) is 16.8. The Labute approximate surface area is 175 Å². The molecule has 0 saturated heterocycles. The van der Waals surface area contributed by atoms with E-state index in [9.17, 15) is 0 Å². The Balaban J connectivity index is 1.73. The van der Waals surface area contributed by atoms with Gasteiger partial charge in [0.15, 0.2) is 11.9 Å². The van der Waals surface area contributed by atoms with Crippen LogP contribution in [0.2, 0.25) is 0 Å². The first-order chi connectivity index (χ1) is 14.2. The Morgan fingerprint density at radius 1 is 1.17 bits per heavy atom. The van der Waals surface area contributed by atoms with Crippen molar-refractivity contribution >= 4 is 17.4 Å². The summed E-state index contributed by atoms with van der Waals surface area (Å²) in [5, 5.41) is 12.9. The Hall–Kier alpha value is -2.80. The van der Waals surface area contributed by atoms with Gasteiger partial charge in [-0.2, -0.15) is 4.98 Å². The third kappa shape index (κ3) is 4.15. The summed E-state index contributed by atoms with van der Waals surface area (Å²) in [6.07, 6.45) is 1.86. The van der Waals surface area contributed by atoms with Crippen molar-refractivity contribution < 1.29 is 9.47 Å². The fourth-order valence-electron chi connectivity index (χ4n) is 3.23. The molecule has 0 unspecified atom stereocenters. The van der Waals surface area contributed by atoms with Crippen LogP contribution >= 0.6 is 11.8 Å². The Kier molecular flexibility index (Phi) is 5.85. The lowest BCUT2D eigenvalue weighted by atomic mass is 10.1. The van der Waals surface area contributed by atoms with E-state index in [0.29, 0.717) is 16.7 Å². The van der Waals surface area contributed by atoms with Crippen molar-refractivity contribution in [3.05, 3.63) is 53.6 Å². The van der Waals surface area contributed by atoms with E-state index in [1.165, 1.54) is 0 Å². The quantitative estimate of drug-likeness (QED) is 0.441. The van der Waals surface area contributed by atoms with E-state index >= 15 is 0 Å². The number of hydrogen-bond acceptors (Lipinski definition) is 7. The first-order valence-corrected chi connectivity index (χ1v) is 10.7. The molecule has 2 heterocycles. The van der Waals surface area contributed by atoms with Gasteiger partial charge in [-0.15, -0.1) is 10.2 Å². The number of unbranched alkanes of at least 4 members (excludes halogenated alkanes) is 1. The number of thioether (sulfide) groups is 1. The van der Waals surface area contributed by atoms with Gasteiger partial charge in [0.25, 0.3) is 0 Å². The van der Waals surface area contributed by atoms with Gasteiger partial charge in [0.1, 0.15) is 5.75 Å². The molecule has 3 aromatic rings. The Morgan fingerprint density at radius 3 is 2.83 bits per heavy atom. The number of aromatic nitrogens is 3. The molecule has 0 amide bonds. The molecule has 0 spiro atoms. The molecule has 0 fully saturated rings. The second-order valence-corrected chi connectivity index (χ2v) is 7.93. The maximum atomic E-state index is 6.32. The van der Waals surface area contributed by atoms with E-state index in [1.54, 1.807) is 18.9 Å². The van der Waals surface area contributed by atoms with Crippen LogP contribution in [0.15, 0.2) is 47.6 Å². The highest BCUT2D eigenvalue weighted by atomic mass is 32.2. The molecule has 4 rings (SSSR count). The van der Waals surface area contributed by atoms with Crippen LogP contribution in [-0.4, -0.2) is 28.0 Å². The number of nitrogens with zero attached hydrogens (tertiary/aromatic N) is 3. The molecule has 0 radical (unpaired) electrons. The van der Waals surface area contributed by atoms with Crippen LogP contribution in [0.3, 0.4) is 0 Å². The van der Waals surface area contributed by atoms with Gasteiger partial charge in [-0.25, -0.2) is 0 Å². The van der Waals surface area contributed by atoms with Crippen molar-refractivity contribution in [1.29, 1.82) is 0 Å². The monoisotopic (exact) mass is 408 g/mol. The average molecular weight is 409 g/mol. The van der Waals surface area contributed by atoms with E-state index in [-0.39, 0.29) is 0 Å². The van der Waals surface area contributed by atoms with Gasteiger partial charge >= 0.3 is 0 Å². The maximum Gasteiger partial charge on any atom is 0.247 e. The molecule has 1 aliphatic heterocycles. The zero-order chi connectivity index (χ0) is 20.2. The van der Waals surface area contributed by atoms with Gasteiger partial charge in [0, 0.05) is 22.6 Å². The van der Waals surface area contributed by atoms with Gasteiger partial charge in [-0.1, -0.05) is 43.3 Å². The summed E-state index contributed by atoms with van der Waals surface area (Å²) in [5.74, 6) is 2.31. The Bertz CT molecular complexity index is 1010. The van der Waals surface area contributed by atoms with Crippen LogP contribution in [0.4, 0.5) is 5.69 Å². The lowest BCUT2D eigenvalue weighted by molar-refractivity contribution is 0.225.